The highest BCUT2D eigenvalue weighted by Crippen LogP contribution is 2.24. The summed E-state index contributed by atoms with van der Waals surface area (Å²) in [5.74, 6) is -1.63. The molecule has 0 aliphatic rings. The maximum Gasteiger partial charge on any atom is 0.162 e. The van der Waals surface area contributed by atoms with Crippen LogP contribution in [0.15, 0.2) is 43.0 Å². The molecule has 3 aromatic rings. The number of benzene rings is 1. The van der Waals surface area contributed by atoms with Crippen molar-refractivity contribution in [1.82, 2.24) is 19.9 Å². The number of aromatic nitrogens is 3. The van der Waals surface area contributed by atoms with Crippen LogP contribution >= 0.6 is 0 Å². The van der Waals surface area contributed by atoms with E-state index in [1.54, 1.807) is 42.4 Å². The van der Waals surface area contributed by atoms with Gasteiger partial charge in [-0.15, -0.1) is 0 Å². The van der Waals surface area contributed by atoms with Crippen LogP contribution in [0.4, 0.5) is 8.78 Å². The molecule has 1 unspecified atom stereocenters. The second-order valence-electron chi connectivity index (χ2n) is 4.76. The summed E-state index contributed by atoms with van der Waals surface area (Å²) in [6.07, 6.45) is 7.14. The second kappa shape index (κ2) is 5.57. The van der Waals surface area contributed by atoms with E-state index in [2.05, 4.69) is 15.4 Å². The number of halogens is 2. The Bertz CT molecular complexity index is 769. The van der Waals surface area contributed by atoms with Crippen molar-refractivity contribution < 1.29 is 8.78 Å². The quantitative estimate of drug-likeness (QED) is 0.802. The summed E-state index contributed by atoms with van der Waals surface area (Å²) in [4.78, 5) is 4.08. The van der Waals surface area contributed by atoms with Crippen LogP contribution in [0, 0.1) is 11.6 Å². The van der Waals surface area contributed by atoms with Crippen LogP contribution in [0.5, 0.6) is 0 Å². The normalized spacial score (nSPS) is 12.7. The Morgan fingerprint density at radius 3 is 2.95 bits per heavy atom. The van der Waals surface area contributed by atoms with E-state index < -0.39 is 11.6 Å². The van der Waals surface area contributed by atoms with E-state index in [0.717, 1.165) is 17.1 Å². The lowest BCUT2D eigenvalue weighted by atomic mass is 10.00. The lowest BCUT2D eigenvalue weighted by Crippen LogP contribution is -2.19. The van der Waals surface area contributed by atoms with Crippen LogP contribution in [0.2, 0.25) is 0 Å². The van der Waals surface area contributed by atoms with Crippen LogP contribution in [-0.4, -0.2) is 21.6 Å². The minimum absolute atomic E-state index is 0.178. The molecule has 0 aliphatic carbocycles. The third-order valence-corrected chi connectivity index (χ3v) is 3.53. The van der Waals surface area contributed by atoms with Crippen molar-refractivity contribution in [2.75, 3.05) is 7.05 Å². The van der Waals surface area contributed by atoms with Crippen molar-refractivity contribution in [3.05, 3.63) is 65.7 Å². The van der Waals surface area contributed by atoms with Gasteiger partial charge in [0, 0.05) is 24.0 Å². The Hall–Kier alpha value is -2.34. The van der Waals surface area contributed by atoms with Crippen molar-refractivity contribution in [2.45, 2.75) is 12.5 Å². The maximum atomic E-state index is 13.8. The zero-order valence-corrected chi connectivity index (χ0v) is 11.4. The smallest absolute Gasteiger partial charge is 0.162 e. The van der Waals surface area contributed by atoms with Gasteiger partial charge in [-0.1, -0.05) is 12.1 Å². The molecule has 0 saturated heterocycles. The molecule has 6 heteroatoms. The highest BCUT2D eigenvalue weighted by molar-refractivity contribution is 5.53. The fourth-order valence-corrected chi connectivity index (χ4v) is 2.41. The molecular formula is C15H14F2N4. The minimum atomic E-state index is -0.830. The average molecular weight is 288 g/mol. The molecule has 0 spiro atoms. The molecule has 0 saturated carbocycles. The number of hydrogen-bond donors (Lipinski definition) is 1. The number of nitrogens with zero attached hydrogens (tertiary/aromatic N) is 3. The molecule has 1 N–H and O–H groups in total. The van der Waals surface area contributed by atoms with Gasteiger partial charge in [0.05, 0.1) is 17.9 Å². The van der Waals surface area contributed by atoms with Gasteiger partial charge in [0.2, 0.25) is 0 Å². The zero-order valence-electron chi connectivity index (χ0n) is 11.4. The summed E-state index contributed by atoms with van der Waals surface area (Å²) in [6.45, 7) is 0. The van der Waals surface area contributed by atoms with Gasteiger partial charge in [0.25, 0.3) is 0 Å². The van der Waals surface area contributed by atoms with Crippen molar-refractivity contribution in [3.63, 3.8) is 0 Å². The molecule has 0 amide bonds. The predicted molar refractivity (Wildman–Crippen MR) is 74.8 cm³/mol. The lowest BCUT2D eigenvalue weighted by Gasteiger charge is -2.16. The van der Waals surface area contributed by atoms with E-state index in [1.807, 2.05) is 0 Å². The van der Waals surface area contributed by atoms with E-state index in [-0.39, 0.29) is 6.04 Å². The van der Waals surface area contributed by atoms with Gasteiger partial charge in [-0.2, -0.15) is 5.10 Å². The summed E-state index contributed by atoms with van der Waals surface area (Å²) in [6, 6.07) is 4.04. The van der Waals surface area contributed by atoms with Gasteiger partial charge >= 0.3 is 0 Å². The second-order valence-corrected chi connectivity index (χ2v) is 4.76. The molecule has 4 nitrogen and oxygen atoms in total. The van der Waals surface area contributed by atoms with E-state index >= 15 is 0 Å². The van der Waals surface area contributed by atoms with E-state index in [1.165, 1.54) is 6.07 Å². The number of nitrogens with one attached hydrogen (secondary N) is 1. The molecule has 2 aromatic heterocycles. The Morgan fingerprint density at radius 1 is 1.29 bits per heavy atom. The Labute approximate surface area is 120 Å². The van der Waals surface area contributed by atoms with Crippen LogP contribution in [-0.2, 0) is 6.42 Å². The van der Waals surface area contributed by atoms with Crippen LogP contribution < -0.4 is 5.32 Å². The molecule has 0 radical (unpaired) electrons. The fourth-order valence-electron chi connectivity index (χ4n) is 2.41. The number of likely N-dealkylation sites (N-methyl/N-ethyl adjacent to an activating group) is 1. The van der Waals surface area contributed by atoms with Gasteiger partial charge < -0.3 is 5.32 Å². The van der Waals surface area contributed by atoms with Gasteiger partial charge in [0.15, 0.2) is 11.6 Å². The lowest BCUT2D eigenvalue weighted by molar-refractivity contribution is 0.487. The molecule has 1 atom stereocenters. The largest absolute Gasteiger partial charge is 0.313 e. The summed E-state index contributed by atoms with van der Waals surface area (Å²) >= 11 is 0. The van der Waals surface area contributed by atoms with E-state index in [4.69, 9.17) is 0 Å². The third kappa shape index (κ3) is 2.50. The average Bonchev–Trinajstić information content (AvgIpc) is 2.93. The molecular weight excluding hydrogens is 274 g/mol. The van der Waals surface area contributed by atoms with Crippen molar-refractivity contribution in [1.29, 1.82) is 0 Å². The summed E-state index contributed by atoms with van der Waals surface area (Å²) < 4.78 is 28.8. The van der Waals surface area contributed by atoms with Crippen molar-refractivity contribution in [2.24, 2.45) is 0 Å². The first-order chi connectivity index (χ1) is 10.2. The Balaban J connectivity index is 1.97. The molecule has 3 rings (SSSR count). The van der Waals surface area contributed by atoms with Crippen molar-refractivity contribution >= 4 is 5.52 Å². The highest BCUT2D eigenvalue weighted by atomic mass is 19.2. The molecule has 21 heavy (non-hydrogen) atoms. The minimum Gasteiger partial charge on any atom is -0.313 e. The van der Waals surface area contributed by atoms with Crippen LogP contribution in [0.25, 0.3) is 5.52 Å². The molecule has 0 fully saturated rings. The zero-order chi connectivity index (χ0) is 14.8. The maximum absolute atomic E-state index is 13.8. The summed E-state index contributed by atoms with van der Waals surface area (Å²) in [7, 11) is 1.78. The predicted octanol–water partition coefficient (Wildman–Crippen LogP) is 2.51. The van der Waals surface area contributed by atoms with Crippen LogP contribution in [0.1, 0.15) is 17.2 Å². The molecule has 0 aliphatic heterocycles. The van der Waals surface area contributed by atoms with E-state index in [0.29, 0.717) is 12.0 Å². The van der Waals surface area contributed by atoms with E-state index in [9.17, 15) is 8.78 Å². The summed E-state index contributed by atoms with van der Waals surface area (Å²) in [5, 5.41) is 7.36. The Kier molecular flexibility index (Phi) is 3.62. The first kappa shape index (κ1) is 13.6. The fraction of sp³-hybridized carbons (Fsp3) is 0.200. The Morgan fingerprint density at radius 2 is 2.14 bits per heavy atom. The van der Waals surface area contributed by atoms with Crippen LogP contribution in [0.3, 0.4) is 0 Å². The molecule has 0 bridgehead atoms. The third-order valence-electron chi connectivity index (χ3n) is 3.53. The van der Waals surface area contributed by atoms with Gasteiger partial charge in [-0.05, 0) is 25.1 Å². The van der Waals surface area contributed by atoms with Gasteiger partial charge in [-0.3, -0.25) is 4.98 Å². The standard InChI is InChI=1S/C15H14F2N4/c1-18-13(7-10-3-2-4-12(16)15(10)17)11-8-20-21-6-5-19-9-14(11)21/h2-6,8-9,13,18H,7H2,1H3. The highest BCUT2D eigenvalue weighted by Gasteiger charge is 2.18. The van der Waals surface area contributed by atoms with Gasteiger partial charge in [0.1, 0.15) is 0 Å². The number of rotatable bonds is 4. The van der Waals surface area contributed by atoms with Gasteiger partial charge in [-0.25, -0.2) is 13.3 Å². The first-order valence-electron chi connectivity index (χ1n) is 6.58. The number of hydrogen-bond acceptors (Lipinski definition) is 3. The summed E-state index contributed by atoms with van der Waals surface area (Å²) in [5.41, 5.74) is 2.07. The topological polar surface area (TPSA) is 42.2 Å². The number of fused-ring (bicyclic) bond motifs is 1. The first-order valence-corrected chi connectivity index (χ1v) is 6.58. The molecule has 1 aromatic carbocycles. The molecule has 108 valence electrons. The molecule has 2 heterocycles. The monoisotopic (exact) mass is 288 g/mol. The SMILES string of the molecule is CNC(Cc1cccc(F)c1F)c1cnn2ccncc12. The van der Waals surface area contributed by atoms with Crippen molar-refractivity contribution in [3.8, 4) is 0 Å².